The smallest absolute Gasteiger partial charge is 0.222 e. The topological polar surface area (TPSA) is 55.6 Å². The van der Waals surface area contributed by atoms with Crippen molar-refractivity contribution in [2.45, 2.75) is 52.0 Å². The van der Waals surface area contributed by atoms with Crippen molar-refractivity contribution in [1.82, 2.24) is 4.90 Å². The van der Waals surface area contributed by atoms with Gasteiger partial charge in [0.15, 0.2) is 0 Å². The van der Waals surface area contributed by atoms with E-state index in [0.717, 1.165) is 32.2 Å². The molecule has 0 aromatic heterocycles. The van der Waals surface area contributed by atoms with Gasteiger partial charge >= 0.3 is 0 Å². The van der Waals surface area contributed by atoms with Gasteiger partial charge in [-0.15, -0.1) is 0 Å². The highest BCUT2D eigenvalue weighted by Gasteiger charge is 2.32. The molecule has 1 aliphatic carbocycles. The molecule has 1 aliphatic rings. The van der Waals surface area contributed by atoms with Crippen molar-refractivity contribution < 1.29 is 9.53 Å². The monoisotopic (exact) mass is 270 g/mol. The van der Waals surface area contributed by atoms with Gasteiger partial charge in [0.05, 0.1) is 6.61 Å². The molecule has 1 atom stereocenters. The van der Waals surface area contributed by atoms with Crippen LogP contribution in [0.5, 0.6) is 0 Å². The first kappa shape index (κ1) is 16.4. The van der Waals surface area contributed by atoms with Crippen LogP contribution in [0.3, 0.4) is 0 Å². The maximum absolute atomic E-state index is 12.3. The van der Waals surface area contributed by atoms with E-state index in [1.807, 2.05) is 4.90 Å². The number of nitrogens with two attached hydrogens (primary N) is 1. The zero-order chi connectivity index (χ0) is 14.3. The van der Waals surface area contributed by atoms with Gasteiger partial charge < -0.3 is 15.4 Å². The Morgan fingerprint density at radius 3 is 2.53 bits per heavy atom. The summed E-state index contributed by atoms with van der Waals surface area (Å²) < 4.78 is 5.09. The van der Waals surface area contributed by atoms with Crippen LogP contribution in [0.2, 0.25) is 0 Å². The summed E-state index contributed by atoms with van der Waals surface area (Å²) in [5, 5.41) is 0. The van der Waals surface area contributed by atoms with Crippen molar-refractivity contribution >= 4 is 5.91 Å². The second kappa shape index (κ2) is 8.54. The van der Waals surface area contributed by atoms with Crippen molar-refractivity contribution in [3.05, 3.63) is 0 Å². The lowest BCUT2D eigenvalue weighted by Crippen LogP contribution is -2.36. The van der Waals surface area contributed by atoms with Crippen LogP contribution in [-0.4, -0.2) is 43.7 Å². The maximum Gasteiger partial charge on any atom is 0.222 e. The van der Waals surface area contributed by atoms with Gasteiger partial charge in [-0.2, -0.15) is 0 Å². The lowest BCUT2D eigenvalue weighted by Gasteiger charge is -2.25. The highest BCUT2D eigenvalue weighted by Crippen LogP contribution is 2.28. The summed E-state index contributed by atoms with van der Waals surface area (Å²) in [6.07, 6.45) is 4.96. The minimum absolute atomic E-state index is 0.294. The van der Waals surface area contributed by atoms with E-state index in [1.165, 1.54) is 0 Å². The van der Waals surface area contributed by atoms with Gasteiger partial charge in [-0.25, -0.2) is 0 Å². The predicted molar refractivity (Wildman–Crippen MR) is 77.8 cm³/mol. The van der Waals surface area contributed by atoms with Crippen LogP contribution < -0.4 is 5.73 Å². The molecule has 1 unspecified atom stereocenters. The number of ether oxygens (including phenoxy) is 1. The molecule has 2 N–H and O–H groups in total. The third-order valence-corrected chi connectivity index (χ3v) is 4.05. The van der Waals surface area contributed by atoms with E-state index < -0.39 is 0 Å². The van der Waals surface area contributed by atoms with E-state index >= 15 is 0 Å². The molecule has 1 rings (SSSR count). The number of carbonyl (C=O) groups is 1. The number of hydrogen-bond acceptors (Lipinski definition) is 3. The normalized spacial score (nSPS) is 16.7. The third kappa shape index (κ3) is 5.91. The van der Waals surface area contributed by atoms with E-state index in [1.54, 1.807) is 7.11 Å². The van der Waals surface area contributed by atoms with E-state index in [0.29, 0.717) is 43.4 Å². The van der Waals surface area contributed by atoms with Crippen LogP contribution in [0.1, 0.15) is 46.0 Å². The second-order valence-electron chi connectivity index (χ2n) is 5.93. The molecular weight excluding hydrogens is 240 g/mol. The molecule has 0 aromatic rings. The zero-order valence-corrected chi connectivity index (χ0v) is 12.7. The number of rotatable bonds is 10. The summed E-state index contributed by atoms with van der Waals surface area (Å²) in [6.45, 7) is 6.53. The fraction of sp³-hybridized carbons (Fsp3) is 0.933. The second-order valence-corrected chi connectivity index (χ2v) is 5.93. The number of amides is 1. The molecule has 0 bridgehead atoms. The molecule has 0 saturated heterocycles. The number of methoxy groups -OCH3 is 1. The molecule has 1 amide bonds. The van der Waals surface area contributed by atoms with Gasteiger partial charge in [-0.3, -0.25) is 4.79 Å². The molecular formula is C15H30N2O2. The van der Waals surface area contributed by atoms with Crippen LogP contribution in [0.4, 0.5) is 0 Å². The highest BCUT2D eigenvalue weighted by molar-refractivity contribution is 5.76. The Morgan fingerprint density at radius 1 is 1.37 bits per heavy atom. The molecule has 0 aromatic carbocycles. The zero-order valence-electron chi connectivity index (χ0n) is 12.7. The Balaban J connectivity index is 2.37. The van der Waals surface area contributed by atoms with Gasteiger partial charge in [0.2, 0.25) is 5.91 Å². The quantitative estimate of drug-likeness (QED) is 0.661. The van der Waals surface area contributed by atoms with Crippen molar-refractivity contribution in [1.29, 1.82) is 0 Å². The van der Waals surface area contributed by atoms with E-state index in [-0.39, 0.29) is 0 Å². The molecule has 0 radical (unpaired) electrons. The first-order valence-corrected chi connectivity index (χ1v) is 7.58. The molecule has 0 heterocycles. The lowest BCUT2D eigenvalue weighted by molar-refractivity contribution is -0.132. The molecule has 1 saturated carbocycles. The summed E-state index contributed by atoms with van der Waals surface area (Å²) in [5.41, 5.74) is 5.65. The number of carbonyl (C=O) groups excluding carboxylic acids is 1. The van der Waals surface area contributed by atoms with Gasteiger partial charge in [0, 0.05) is 26.1 Å². The number of nitrogens with zero attached hydrogens (tertiary/aromatic N) is 1. The van der Waals surface area contributed by atoms with E-state index in [4.69, 9.17) is 10.5 Å². The largest absolute Gasteiger partial charge is 0.383 e. The highest BCUT2D eigenvalue weighted by atomic mass is 16.5. The van der Waals surface area contributed by atoms with Crippen molar-refractivity contribution in [3.63, 3.8) is 0 Å². The summed E-state index contributed by atoms with van der Waals surface area (Å²) >= 11 is 0. The van der Waals surface area contributed by atoms with Gasteiger partial charge in [0.25, 0.3) is 0 Å². The first-order chi connectivity index (χ1) is 9.10. The van der Waals surface area contributed by atoms with Gasteiger partial charge in [-0.1, -0.05) is 13.8 Å². The molecule has 112 valence electrons. The first-order valence-electron chi connectivity index (χ1n) is 7.58. The van der Waals surface area contributed by atoms with Crippen LogP contribution in [0, 0.1) is 11.8 Å². The standard InChI is InChI=1S/C15H30N2O2/c1-12(2)13(8-9-16)4-7-15(18)17(10-11-19-3)14-5-6-14/h12-14H,4-11,16H2,1-3H3. The molecule has 0 aliphatic heterocycles. The SMILES string of the molecule is COCCN(C(=O)CCC(CCN)C(C)C)C1CC1. The summed E-state index contributed by atoms with van der Waals surface area (Å²) in [4.78, 5) is 14.3. The molecule has 1 fully saturated rings. The minimum atomic E-state index is 0.294. The maximum atomic E-state index is 12.3. The Hall–Kier alpha value is -0.610. The summed E-state index contributed by atoms with van der Waals surface area (Å²) in [5.74, 6) is 1.46. The van der Waals surface area contributed by atoms with Crippen molar-refractivity contribution in [2.24, 2.45) is 17.6 Å². The van der Waals surface area contributed by atoms with Crippen LogP contribution in [0.15, 0.2) is 0 Å². The third-order valence-electron chi connectivity index (χ3n) is 4.05. The summed E-state index contributed by atoms with van der Waals surface area (Å²) in [6, 6.07) is 0.481. The number of hydrogen-bond donors (Lipinski definition) is 1. The van der Waals surface area contributed by atoms with Crippen LogP contribution >= 0.6 is 0 Å². The molecule has 0 spiro atoms. The Labute approximate surface area is 117 Å². The fourth-order valence-electron chi connectivity index (χ4n) is 2.56. The molecule has 19 heavy (non-hydrogen) atoms. The van der Waals surface area contributed by atoms with Crippen LogP contribution in [0.25, 0.3) is 0 Å². The Kier molecular flexibility index (Phi) is 7.39. The van der Waals surface area contributed by atoms with Crippen molar-refractivity contribution in [3.8, 4) is 0 Å². The average Bonchev–Trinajstić information content (AvgIpc) is 3.19. The van der Waals surface area contributed by atoms with Gasteiger partial charge in [-0.05, 0) is 44.1 Å². The van der Waals surface area contributed by atoms with E-state index in [2.05, 4.69) is 13.8 Å². The van der Waals surface area contributed by atoms with Gasteiger partial charge in [0.1, 0.15) is 0 Å². The average molecular weight is 270 g/mol. The summed E-state index contributed by atoms with van der Waals surface area (Å²) in [7, 11) is 1.69. The Morgan fingerprint density at radius 2 is 2.05 bits per heavy atom. The Bertz CT molecular complexity index is 265. The van der Waals surface area contributed by atoms with Crippen LogP contribution in [-0.2, 0) is 9.53 Å². The minimum Gasteiger partial charge on any atom is -0.383 e. The molecule has 4 nitrogen and oxygen atoms in total. The fourth-order valence-corrected chi connectivity index (χ4v) is 2.56. The molecule has 4 heteroatoms. The van der Waals surface area contributed by atoms with E-state index in [9.17, 15) is 4.79 Å². The lowest BCUT2D eigenvalue weighted by atomic mass is 9.88. The predicted octanol–water partition coefficient (Wildman–Crippen LogP) is 2.02. The van der Waals surface area contributed by atoms with Crippen molar-refractivity contribution in [2.75, 3.05) is 26.8 Å².